The lowest BCUT2D eigenvalue weighted by Crippen LogP contribution is -2.45. The fraction of sp³-hybridized carbons (Fsp3) is 0.562. The SMILES string of the molecule is CNC(=O)[C@@H]1C[C@H](NCc2ccccc2Cl)CN1C(C)C. The van der Waals surface area contributed by atoms with Crippen LogP contribution in [0.15, 0.2) is 24.3 Å². The molecule has 1 aliphatic heterocycles. The standard InChI is InChI=1S/C16H24ClN3O/c1-11(2)20-10-13(8-15(20)16(21)18-3)19-9-12-6-4-5-7-14(12)17/h4-7,11,13,15,19H,8-10H2,1-3H3,(H,18,21)/t13-,15-/m0/s1. The first-order valence-electron chi connectivity index (χ1n) is 7.47. The molecule has 1 aliphatic rings. The van der Waals surface area contributed by atoms with Crippen molar-refractivity contribution in [3.8, 4) is 0 Å². The monoisotopic (exact) mass is 309 g/mol. The Kier molecular flexibility index (Phi) is 5.62. The maximum atomic E-state index is 12.0. The predicted octanol–water partition coefficient (Wildman–Crippen LogP) is 2.03. The van der Waals surface area contributed by atoms with Gasteiger partial charge in [-0.2, -0.15) is 0 Å². The summed E-state index contributed by atoms with van der Waals surface area (Å²) in [6.45, 7) is 5.88. The van der Waals surface area contributed by atoms with Gasteiger partial charge < -0.3 is 10.6 Å². The first kappa shape index (κ1) is 16.3. The van der Waals surface area contributed by atoms with Gasteiger partial charge in [0.1, 0.15) is 0 Å². The number of rotatable bonds is 5. The van der Waals surface area contributed by atoms with E-state index in [4.69, 9.17) is 11.6 Å². The Hall–Kier alpha value is -1.10. The predicted molar refractivity (Wildman–Crippen MR) is 86.4 cm³/mol. The lowest BCUT2D eigenvalue weighted by molar-refractivity contribution is -0.125. The first-order chi connectivity index (χ1) is 10.0. The van der Waals surface area contributed by atoms with Crippen LogP contribution in [0.5, 0.6) is 0 Å². The molecule has 0 aromatic heterocycles. The van der Waals surface area contributed by atoms with Crippen molar-refractivity contribution in [2.75, 3.05) is 13.6 Å². The van der Waals surface area contributed by atoms with Gasteiger partial charge >= 0.3 is 0 Å². The number of nitrogens with zero attached hydrogens (tertiary/aromatic N) is 1. The Balaban J connectivity index is 1.96. The molecule has 5 heteroatoms. The van der Waals surface area contributed by atoms with Crippen molar-refractivity contribution in [1.29, 1.82) is 0 Å². The number of likely N-dealkylation sites (tertiary alicyclic amines) is 1. The van der Waals surface area contributed by atoms with Crippen molar-refractivity contribution >= 4 is 17.5 Å². The van der Waals surface area contributed by atoms with Crippen LogP contribution >= 0.6 is 11.6 Å². The summed E-state index contributed by atoms with van der Waals surface area (Å²) in [5.74, 6) is 0.103. The van der Waals surface area contributed by atoms with Gasteiger partial charge in [-0.3, -0.25) is 9.69 Å². The van der Waals surface area contributed by atoms with Crippen molar-refractivity contribution < 1.29 is 4.79 Å². The van der Waals surface area contributed by atoms with Crippen molar-refractivity contribution in [1.82, 2.24) is 15.5 Å². The van der Waals surface area contributed by atoms with Crippen LogP contribution in [0, 0.1) is 0 Å². The van der Waals surface area contributed by atoms with Crippen LogP contribution in [-0.2, 0) is 11.3 Å². The zero-order valence-electron chi connectivity index (χ0n) is 12.9. The highest BCUT2D eigenvalue weighted by Gasteiger charge is 2.37. The van der Waals surface area contributed by atoms with Crippen molar-refractivity contribution in [2.45, 2.75) is 44.9 Å². The second kappa shape index (κ2) is 7.25. The summed E-state index contributed by atoms with van der Waals surface area (Å²) in [5.41, 5.74) is 1.10. The molecule has 1 fully saturated rings. The van der Waals surface area contributed by atoms with E-state index in [0.29, 0.717) is 12.1 Å². The van der Waals surface area contributed by atoms with E-state index < -0.39 is 0 Å². The number of halogens is 1. The molecule has 0 spiro atoms. The first-order valence-corrected chi connectivity index (χ1v) is 7.84. The molecule has 1 amide bonds. The number of carbonyl (C=O) groups excluding carboxylic acids is 1. The van der Waals surface area contributed by atoms with E-state index in [2.05, 4.69) is 29.4 Å². The summed E-state index contributed by atoms with van der Waals surface area (Å²) >= 11 is 6.18. The molecule has 1 aromatic rings. The maximum absolute atomic E-state index is 12.0. The van der Waals surface area contributed by atoms with Gasteiger partial charge in [0.15, 0.2) is 0 Å². The Labute approximate surface area is 131 Å². The van der Waals surface area contributed by atoms with Gasteiger partial charge in [-0.25, -0.2) is 0 Å². The molecule has 21 heavy (non-hydrogen) atoms. The van der Waals surface area contributed by atoms with Crippen molar-refractivity contribution in [2.24, 2.45) is 0 Å². The van der Waals surface area contributed by atoms with Crippen molar-refractivity contribution in [3.63, 3.8) is 0 Å². The van der Waals surface area contributed by atoms with E-state index in [1.54, 1.807) is 7.05 Å². The Bertz CT molecular complexity index is 492. The van der Waals surface area contributed by atoms with Crippen LogP contribution in [-0.4, -0.2) is 42.5 Å². The molecular formula is C16H24ClN3O. The Morgan fingerprint density at radius 1 is 1.43 bits per heavy atom. The molecule has 116 valence electrons. The van der Waals surface area contributed by atoms with Gasteiger partial charge in [-0.05, 0) is 31.9 Å². The molecule has 2 N–H and O–H groups in total. The van der Waals surface area contributed by atoms with Gasteiger partial charge in [-0.1, -0.05) is 29.8 Å². The second-order valence-electron chi connectivity index (χ2n) is 5.83. The van der Waals surface area contributed by atoms with Crippen LogP contribution in [0.2, 0.25) is 5.02 Å². The molecule has 1 aromatic carbocycles. The van der Waals surface area contributed by atoms with Gasteiger partial charge in [0.05, 0.1) is 6.04 Å². The number of benzene rings is 1. The normalized spacial score (nSPS) is 22.7. The summed E-state index contributed by atoms with van der Waals surface area (Å²) in [4.78, 5) is 14.3. The third-order valence-electron chi connectivity index (χ3n) is 4.09. The van der Waals surface area contributed by atoms with Gasteiger partial charge in [-0.15, -0.1) is 0 Å². The number of nitrogens with one attached hydrogen (secondary N) is 2. The molecule has 1 heterocycles. The lowest BCUT2D eigenvalue weighted by Gasteiger charge is -2.26. The average molecular weight is 310 g/mol. The maximum Gasteiger partial charge on any atom is 0.237 e. The fourth-order valence-corrected chi connectivity index (χ4v) is 3.10. The van der Waals surface area contributed by atoms with Gasteiger partial charge in [0.25, 0.3) is 0 Å². The summed E-state index contributed by atoms with van der Waals surface area (Å²) < 4.78 is 0. The average Bonchev–Trinajstić information content (AvgIpc) is 2.90. The highest BCUT2D eigenvalue weighted by atomic mass is 35.5. The molecule has 0 saturated carbocycles. The quantitative estimate of drug-likeness (QED) is 0.875. The van der Waals surface area contributed by atoms with Crippen molar-refractivity contribution in [3.05, 3.63) is 34.9 Å². The largest absolute Gasteiger partial charge is 0.358 e. The van der Waals surface area contributed by atoms with Gasteiger partial charge in [0, 0.05) is 37.2 Å². The molecule has 4 nitrogen and oxygen atoms in total. The number of hydrogen-bond donors (Lipinski definition) is 2. The summed E-state index contributed by atoms with van der Waals surface area (Å²) in [6, 6.07) is 8.49. The number of amides is 1. The number of carbonyl (C=O) groups is 1. The third-order valence-corrected chi connectivity index (χ3v) is 4.46. The molecule has 0 radical (unpaired) electrons. The van der Waals surface area contributed by atoms with Crippen LogP contribution in [0.1, 0.15) is 25.8 Å². The van der Waals surface area contributed by atoms with Crippen LogP contribution in [0.3, 0.4) is 0 Å². The zero-order valence-corrected chi connectivity index (χ0v) is 13.7. The Morgan fingerprint density at radius 2 is 2.14 bits per heavy atom. The zero-order chi connectivity index (χ0) is 15.4. The van der Waals surface area contributed by atoms with E-state index in [0.717, 1.165) is 30.1 Å². The molecule has 1 saturated heterocycles. The molecule has 2 atom stereocenters. The second-order valence-corrected chi connectivity index (χ2v) is 6.23. The summed E-state index contributed by atoms with van der Waals surface area (Å²) in [6.07, 6.45) is 0.836. The van der Waals surface area contributed by atoms with Gasteiger partial charge in [0.2, 0.25) is 5.91 Å². The summed E-state index contributed by atoms with van der Waals surface area (Å²) in [7, 11) is 1.70. The van der Waals surface area contributed by atoms with Crippen LogP contribution in [0.4, 0.5) is 0 Å². The minimum atomic E-state index is -0.0428. The third kappa shape index (κ3) is 3.96. The van der Waals surface area contributed by atoms with E-state index in [1.807, 2.05) is 24.3 Å². The number of hydrogen-bond acceptors (Lipinski definition) is 3. The van der Waals surface area contributed by atoms with E-state index in [9.17, 15) is 4.79 Å². The van der Waals surface area contributed by atoms with E-state index in [-0.39, 0.29) is 11.9 Å². The molecular weight excluding hydrogens is 286 g/mol. The molecule has 0 unspecified atom stereocenters. The topological polar surface area (TPSA) is 44.4 Å². The fourth-order valence-electron chi connectivity index (χ4n) is 2.90. The highest BCUT2D eigenvalue weighted by molar-refractivity contribution is 6.31. The lowest BCUT2D eigenvalue weighted by atomic mass is 10.1. The Morgan fingerprint density at radius 3 is 2.76 bits per heavy atom. The minimum Gasteiger partial charge on any atom is -0.358 e. The minimum absolute atomic E-state index is 0.0428. The molecule has 0 bridgehead atoms. The van der Waals surface area contributed by atoms with E-state index in [1.165, 1.54) is 0 Å². The molecule has 0 aliphatic carbocycles. The van der Waals surface area contributed by atoms with E-state index >= 15 is 0 Å². The summed E-state index contributed by atoms with van der Waals surface area (Å²) in [5, 5.41) is 7.08. The van der Waals surface area contributed by atoms with Crippen LogP contribution < -0.4 is 10.6 Å². The number of likely N-dealkylation sites (N-methyl/N-ethyl adjacent to an activating group) is 1. The highest BCUT2D eigenvalue weighted by Crippen LogP contribution is 2.22. The molecule has 2 rings (SSSR count). The smallest absolute Gasteiger partial charge is 0.237 e. The van der Waals surface area contributed by atoms with Crippen LogP contribution in [0.25, 0.3) is 0 Å².